The molecule has 0 unspecified atom stereocenters. The lowest BCUT2D eigenvalue weighted by Gasteiger charge is -2.33. The van der Waals surface area contributed by atoms with E-state index in [4.69, 9.17) is 14.2 Å². The topological polar surface area (TPSA) is 102 Å². The Labute approximate surface area is 192 Å². The van der Waals surface area contributed by atoms with E-state index in [-0.39, 0.29) is 23.8 Å². The first-order valence-corrected chi connectivity index (χ1v) is 12.1. The number of esters is 1. The van der Waals surface area contributed by atoms with E-state index in [0.29, 0.717) is 44.2 Å². The first-order chi connectivity index (χ1) is 15.9. The number of nitrogens with zero attached hydrogens (tertiary/aromatic N) is 2. The minimum atomic E-state index is -3.56. The van der Waals surface area contributed by atoms with E-state index in [0.717, 1.165) is 5.56 Å². The molecule has 4 rings (SSSR count). The van der Waals surface area contributed by atoms with Crippen LogP contribution in [0.3, 0.4) is 0 Å². The van der Waals surface area contributed by atoms with Crippen molar-refractivity contribution in [3.8, 4) is 5.75 Å². The lowest BCUT2D eigenvalue weighted by atomic mass is 10.1. The number of aryl methyl sites for hydroxylation is 1. The molecule has 33 heavy (non-hydrogen) atoms. The molecule has 2 aromatic rings. The van der Waals surface area contributed by atoms with Gasteiger partial charge >= 0.3 is 5.97 Å². The van der Waals surface area contributed by atoms with Crippen molar-refractivity contribution in [3.05, 3.63) is 54.1 Å². The molecule has 0 spiro atoms. The second-order valence-electron chi connectivity index (χ2n) is 7.76. The summed E-state index contributed by atoms with van der Waals surface area (Å²) in [6.07, 6.45) is -0.268. The van der Waals surface area contributed by atoms with Gasteiger partial charge in [-0.05, 0) is 36.2 Å². The Morgan fingerprint density at radius 2 is 1.76 bits per heavy atom. The van der Waals surface area contributed by atoms with Crippen molar-refractivity contribution in [1.29, 1.82) is 0 Å². The second-order valence-corrected chi connectivity index (χ2v) is 9.70. The number of para-hydroxylation sites is 2. The quantitative estimate of drug-likeness (QED) is 0.586. The molecule has 0 N–H and O–H groups in total. The lowest BCUT2D eigenvalue weighted by molar-refractivity contribution is -0.148. The van der Waals surface area contributed by atoms with Gasteiger partial charge in [0.2, 0.25) is 22.0 Å². The third kappa shape index (κ3) is 5.02. The Bertz CT molecular complexity index is 1110. The summed E-state index contributed by atoms with van der Waals surface area (Å²) >= 11 is 0. The highest BCUT2D eigenvalue weighted by Crippen LogP contribution is 2.34. The molecule has 0 saturated carbocycles. The summed E-state index contributed by atoms with van der Waals surface area (Å²) in [4.78, 5) is 26.8. The molecule has 0 aromatic heterocycles. The Morgan fingerprint density at radius 3 is 2.45 bits per heavy atom. The van der Waals surface area contributed by atoms with Gasteiger partial charge in [-0.3, -0.25) is 4.79 Å². The minimum Gasteiger partial charge on any atom is -0.475 e. The number of fused-ring (bicyclic) bond motifs is 1. The number of carbonyl (C=O) groups is 2. The van der Waals surface area contributed by atoms with Crippen LogP contribution in [-0.4, -0.2) is 70.7 Å². The van der Waals surface area contributed by atoms with Crippen LogP contribution in [0.2, 0.25) is 0 Å². The number of amides is 1. The maximum absolute atomic E-state index is 13.0. The number of hydrogen-bond acceptors (Lipinski definition) is 7. The molecule has 2 aromatic carbocycles. The Hall–Kier alpha value is -2.95. The molecule has 2 heterocycles. The summed E-state index contributed by atoms with van der Waals surface area (Å²) in [5.41, 5.74) is 1.45. The molecular weight excluding hydrogens is 448 g/mol. The molecule has 0 radical (unpaired) electrons. The van der Waals surface area contributed by atoms with Crippen molar-refractivity contribution < 1.29 is 32.2 Å². The number of benzene rings is 2. The summed E-state index contributed by atoms with van der Waals surface area (Å²) in [7, 11) is -2.28. The molecule has 1 saturated heterocycles. The van der Waals surface area contributed by atoms with Crippen LogP contribution < -0.4 is 9.64 Å². The summed E-state index contributed by atoms with van der Waals surface area (Å²) in [5, 5.41) is 0. The van der Waals surface area contributed by atoms with Gasteiger partial charge in [-0.1, -0.05) is 24.3 Å². The first kappa shape index (κ1) is 23.2. The predicted molar refractivity (Wildman–Crippen MR) is 120 cm³/mol. The van der Waals surface area contributed by atoms with Gasteiger partial charge in [0.1, 0.15) is 5.75 Å². The molecule has 1 amide bonds. The molecule has 2 aliphatic rings. The minimum absolute atomic E-state index is 0.0687. The van der Waals surface area contributed by atoms with E-state index in [2.05, 4.69) is 0 Å². The zero-order valence-electron chi connectivity index (χ0n) is 18.3. The number of carbonyl (C=O) groups excluding carboxylic acids is 2. The molecule has 0 aliphatic carbocycles. The summed E-state index contributed by atoms with van der Waals surface area (Å²) in [6.45, 7) is 1.53. The third-order valence-corrected chi connectivity index (χ3v) is 7.61. The standard InChI is InChI=1S/C23H26N2O7S/c1-30-23(27)21-16-25(19-4-2-3-5-20(19)32-21)22(26)11-8-17-6-9-18(10-7-17)33(28,29)24-12-14-31-15-13-24/h2-7,9-10,21H,8,11-16H2,1H3/t21-/m1/s1. The van der Waals surface area contributed by atoms with Crippen LogP contribution in [0, 0.1) is 0 Å². The van der Waals surface area contributed by atoms with Gasteiger partial charge in [-0.15, -0.1) is 0 Å². The van der Waals surface area contributed by atoms with E-state index in [1.54, 1.807) is 48.5 Å². The summed E-state index contributed by atoms with van der Waals surface area (Å²) < 4.78 is 42.6. The van der Waals surface area contributed by atoms with Crippen molar-refractivity contribution in [3.63, 3.8) is 0 Å². The van der Waals surface area contributed by atoms with Crippen molar-refractivity contribution in [2.45, 2.75) is 23.8 Å². The van der Waals surface area contributed by atoms with Crippen molar-refractivity contribution >= 4 is 27.6 Å². The van der Waals surface area contributed by atoms with Gasteiger partial charge in [-0.25, -0.2) is 13.2 Å². The van der Waals surface area contributed by atoms with Crippen LogP contribution in [0.1, 0.15) is 12.0 Å². The predicted octanol–water partition coefficient (Wildman–Crippen LogP) is 1.61. The van der Waals surface area contributed by atoms with Crippen LogP contribution >= 0.6 is 0 Å². The fourth-order valence-electron chi connectivity index (χ4n) is 3.88. The summed E-state index contributed by atoms with van der Waals surface area (Å²) in [6, 6.07) is 13.6. The average molecular weight is 475 g/mol. The van der Waals surface area contributed by atoms with Gasteiger partial charge in [0.15, 0.2) is 0 Å². The van der Waals surface area contributed by atoms with Gasteiger partial charge < -0.3 is 19.1 Å². The van der Waals surface area contributed by atoms with Crippen LogP contribution in [0.25, 0.3) is 0 Å². The van der Waals surface area contributed by atoms with Gasteiger partial charge in [0, 0.05) is 19.5 Å². The van der Waals surface area contributed by atoms with Crippen LogP contribution in [0.15, 0.2) is 53.4 Å². The van der Waals surface area contributed by atoms with Crippen molar-refractivity contribution in [2.24, 2.45) is 0 Å². The van der Waals surface area contributed by atoms with Crippen molar-refractivity contribution in [2.75, 3.05) is 44.9 Å². The van der Waals surface area contributed by atoms with Crippen LogP contribution in [-0.2, 0) is 35.5 Å². The maximum atomic E-state index is 13.0. The molecule has 1 fully saturated rings. The molecule has 2 aliphatic heterocycles. The molecule has 176 valence electrons. The Balaban J connectivity index is 1.42. The van der Waals surface area contributed by atoms with E-state index >= 15 is 0 Å². The fraction of sp³-hybridized carbons (Fsp3) is 0.391. The SMILES string of the molecule is COC(=O)[C@H]1CN(C(=O)CCc2ccc(S(=O)(=O)N3CCOCC3)cc2)c2ccccc2O1. The van der Waals surface area contributed by atoms with E-state index in [1.807, 2.05) is 0 Å². The van der Waals surface area contributed by atoms with E-state index in [9.17, 15) is 18.0 Å². The van der Waals surface area contributed by atoms with E-state index in [1.165, 1.54) is 16.3 Å². The zero-order valence-corrected chi connectivity index (χ0v) is 19.1. The van der Waals surface area contributed by atoms with Crippen LogP contribution in [0.4, 0.5) is 5.69 Å². The highest BCUT2D eigenvalue weighted by Gasteiger charge is 2.34. The molecule has 9 nitrogen and oxygen atoms in total. The Morgan fingerprint density at radius 1 is 1.06 bits per heavy atom. The molecule has 10 heteroatoms. The highest BCUT2D eigenvalue weighted by atomic mass is 32.2. The summed E-state index contributed by atoms with van der Waals surface area (Å²) in [5.74, 6) is -0.255. The molecule has 0 bridgehead atoms. The largest absolute Gasteiger partial charge is 0.475 e. The van der Waals surface area contributed by atoms with Gasteiger partial charge in [0.05, 0.1) is 37.5 Å². The second kappa shape index (κ2) is 9.90. The number of methoxy groups -OCH3 is 1. The number of sulfonamides is 1. The highest BCUT2D eigenvalue weighted by molar-refractivity contribution is 7.89. The lowest BCUT2D eigenvalue weighted by Crippen LogP contribution is -2.47. The number of morpholine rings is 1. The Kier molecular flexibility index (Phi) is 6.96. The monoisotopic (exact) mass is 474 g/mol. The molecular formula is C23H26N2O7S. The number of ether oxygens (including phenoxy) is 3. The van der Waals surface area contributed by atoms with Gasteiger partial charge in [0.25, 0.3) is 0 Å². The number of hydrogen-bond donors (Lipinski definition) is 0. The smallest absolute Gasteiger partial charge is 0.348 e. The number of rotatable bonds is 6. The van der Waals surface area contributed by atoms with Crippen LogP contribution in [0.5, 0.6) is 5.75 Å². The van der Waals surface area contributed by atoms with Crippen molar-refractivity contribution in [1.82, 2.24) is 4.31 Å². The van der Waals surface area contributed by atoms with Gasteiger partial charge in [-0.2, -0.15) is 4.31 Å². The zero-order chi connectivity index (χ0) is 23.4. The third-order valence-electron chi connectivity index (χ3n) is 5.70. The molecule has 1 atom stereocenters. The normalized spacial score (nSPS) is 18.8. The average Bonchev–Trinajstić information content (AvgIpc) is 2.86. The maximum Gasteiger partial charge on any atom is 0.348 e. The first-order valence-electron chi connectivity index (χ1n) is 10.7. The number of anilines is 1. The van der Waals surface area contributed by atoms with E-state index < -0.39 is 22.1 Å². The fourth-order valence-corrected chi connectivity index (χ4v) is 5.28.